The number of nitrogens with zero attached hydrogens (tertiary/aromatic N) is 2. The predicted octanol–water partition coefficient (Wildman–Crippen LogP) is 3.92. The Morgan fingerprint density at radius 1 is 1.24 bits per heavy atom. The summed E-state index contributed by atoms with van der Waals surface area (Å²) < 4.78 is 1.56. The Balaban J connectivity index is 2.19. The van der Waals surface area contributed by atoms with E-state index in [-0.39, 0.29) is 5.56 Å². The van der Waals surface area contributed by atoms with Crippen molar-refractivity contribution in [3.05, 3.63) is 46.8 Å². The number of aliphatic carboxylic acids is 1. The zero-order valence-corrected chi connectivity index (χ0v) is 15.0. The van der Waals surface area contributed by atoms with Crippen LogP contribution in [0.25, 0.3) is 21.7 Å². The summed E-state index contributed by atoms with van der Waals surface area (Å²) in [6, 6.07) is 11.6. The van der Waals surface area contributed by atoms with Gasteiger partial charge in [0.15, 0.2) is 5.16 Å². The maximum absolute atomic E-state index is 12.9. The molecule has 0 radical (unpaired) electrons. The lowest BCUT2D eigenvalue weighted by Crippen LogP contribution is -2.25. The van der Waals surface area contributed by atoms with Gasteiger partial charge in [0, 0.05) is 6.54 Å². The van der Waals surface area contributed by atoms with Crippen LogP contribution in [0.4, 0.5) is 0 Å². The van der Waals surface area contributed by atoms with Gasteiger partial charge >= 0.3 is 5.97 Å². The summed E-state index contributed by atoms with van der Waals surface area (Å²) in [7, 11) is 0. The zero-order chi connectivity index (χ0) is 18.0. The summed E-state index contributed by atoms with van der Waals surface area (Å²) in [6.07, 6.45) is 1.30. The van der Waals surface area contributed by atoms with E-state index in [1.807, 2.05) is 50.2 Å². The molecule has 1 atom stereocenters. The van der Waals surface area contributed by atoms with Crippen LogP contribution in [-0.2, 0) is 11.3 Å². The topological polar surface area (TPSA) is 72.2 Å². The van der Waals surface area contributed by atoms with E-state index >= 15 is 0 Å². The lowest BCUT2D eigenvalue weighted by Gasteiger charge is -2.15. The van der Waals surface area contributed by atoms with Gasteiger partial charge in [-0.25, -0.2) is 4.98 Å². The molecule has 1 N–H and O–H groups in total. The molecule has 1 unspecified atom stereocenters. The minimum absolute atomic E-state index is 0.124. The van der Waals surface area contributed by atoms with E-state index in [4.69, 9.17) is 0 Å². The summed E-state index contributed by atoms with van der Waals surface area (Å²) >= 11 is 1.16. The van der Waals surface area contributed by atoms with E-state index in [0.29, 0.717) is 29.0 Å². The first kappa shape index (κ1) is 17.5. The average Bonchev–Trinajstić information content (AvgIpc) is 2.60. The zero-order valence-electron chi connectivity index (χ0n) is 14.2. The lowest BCUT2D eigenvalue weighted by atomic mass is 10.1. The van der Waals surface area contributed by atoms with Gasteiger partial charge in [-0.05, 0) is 36.2 Å². The first-order valence-electron chi connectivity index (χ1n) is 8.38. The van der Waals surface area contributed by atoms with E-state index in [1.54, 1.807) is 4.57 Å². The van der Waals surface area contributed by atoms with Crippen LogP contribution in [0.5, 0.6) is 0 Å². The van der Waals surface area contributed by atoms with Gasteiger partial charge in [-0.1, -0.05) is 49.4 Å². The Morgan fingerprint density at radius 3 is 2.52 bits per heavy atom. The molecular formula is C19H20N2O3S. The number of benzene rings is 2. The predicted molar refractivity (Wildman–Crippen MR) is 101 cm³/mol. The van der Waals surface area contributed by atoms with Crippen LogP contribution in [-0.4, -0.2) is 25.9 Å². The molecule has 0 aliphatic carbocycles. The lowest BCUT2D eigenvalue weighted by molar-refractivity contribution is -0.136. The van der Waals surface area contributed by atoms with Crippen LogP contribution in [0.2, 0.25) is 0 Å². The van der Waals surface area contributed by atoms with Gasteiger partial charge in [0.05, 0.1) is 10.9 Å². The van der Waals surface area contributed by atoms with Crippen molar-refractivity contribution in [2.24, 2.45) is 0 Å². The number of carboxylic acids is 1. The molecule has 0 saturated heterocycles. The Labute approximate surface area is 149 Å². The van der Waals surface area contributed by atoms with Crippen molar-refractivity contribution in [3.63, 3.8) is 0 Å². The quantitative estimate of drug-likeness (QED) is 0.412. The minimum Gasteiger partial charge on any atom is -0.480 e. The molecule has 0 fully saturated rings. The van der Waals surface area contributed by atoms with Gasteiger partial charge in [-0.2, -0.15) is 0 Å². The second-order valence-corrected chi connectivity index (χ2v) is 7.06. The molecule has 0 saturated carbocycles. The largest absolute Gasteiger partial charge is 0.480 e. The third kappa shape index (κ3) is 3.39. The van der Waals surface area contributed by atoms with Crippen LogP contribution in [0.1, 0.15) is 26.7 Å². The molecule has 5 nitrogen and oxygen atoms in total. The second-order valence-electron chi connectivity index (χ2n) is 5.89. The molecule has 0 bridgehead atoms. The Kier molecular flexibility index (Phi) is 5.08. The number of carboxylic acid groups (broad SMARTS) is 1. The second kappa shape index (κ2) is 7.27. The van der Waals surface area contributed by atoms with Crippen molar-refractivity contribution < 1.29 is 9.90 Å². The fraction of sp³-hybridized carbons (Fsp3) is 0.316. The van der Waals surface area contributed by atoms with E-state index in [9.17, 15) is 14.7 Å². The fourth-order valence-electron chi connectivity index (χ4n) is 2.88. The number of hydrogen-bond donors (Lipinski definition) is 1. The van der Waals surface area contributed by atoms with Gasteiger partial charge in [0.2, 0.25) is 0 Å². The van der Waals surface area contributed by atoms with Crippen LogP contribution < -0.4 is 5.56 Å². The molecule has 1 aromatic heterocycles. The Hall–Kier alpha value is -2.34. The summed E-state index contributed by atoms with van der Waals surface area (Å²) in [5.74, 6) is -0.873. The number of carbonyl (C=O) groups is 1. The SMILES string of the molecule is CCCC(Sc1nc2cc3ccccc3cc2c(=O)n1CC)C(=O)O. The smallest absolute Gasteiger partial charge is 0.317 e. The van der Waals surface area contributed by atoms with E-state index in [0.717, 1.165) is 29.0 Å². The molecule has 6 heteroatoms. The van der Waals surface area contributed by atoms with Crippen LogP contribution >= 0.6 is 11.8 Å². The van der Waals surface area contributed by atoms with Gasteiger partial charge in [0.1, 0.15) is 5.25 Å². The minimum atomic E-state index is -0.873. The monoisotopic (exact) mass is 356 g/mol. The maximum atomic E-state index is 12.9. The number of hydrogen-bond acceptors (Lipinski definition) is 4. The van der Waals surface area contributed by atoms with Crippen molar-refractivity contribution in [3.8, 4) is 0 Å². The molecule has 0 amide bonds. The van der Waals surface area contributed by atoms with Gasteiger partial charge < -0.3 is 5.11 Å². The summed E-state index contributed by atoms with van der Waals surface area (Å²) in [6.45, 7) is 4.27. The normalized spacial score (nSPS) is 12.6. The van der Waals surface area contributed by atoms with Gasteiger partial charge in [-0.3, -0.25) is 14.2 Å². The standard InChI is InChI=1S/C19H20N2O3S/c1-3-7-16(18(23)24)25-19-20-15-11-13-9-6-5-8-12(13)10-14(15)17(22)21(19)4-2/h5-6,8-11,16H,3-4,7H2,1-2H3,(H,23,24). The molecule has 3 rings (SSSR count). The van der Waals surface area contributed by atoms with Crippen molar-refractivity contribution >= 4 is 39.4 Å². The molecule has 0 spiro atoms. The summed E-state index contributed by atoms with van der Waals surface area (Å²) in [4.78, 5) is 29.0. The van der Waals surface area contributed by atoms with Crippen molar-refractivity contribution in [1.82, 2.24) is 9.55 Å². The summed E-state index contributed by atoms with van der Waals surface area (Å²) in [5, 5.41) is 11.8. The van der Waals surface area contributed by atoms with Gasteiger partial charge in [-0.15, -0.1) is 0 Å². The molecule has 0 aliphatic heterocycles. The molecule has 25 heavy (non-hydrogen) atoms. The third-order valence-corrected chi connectivity index (χ3v) is 5.42. The number of rotatable bonds is 6. The van der Waals surface area contributed by atoms with E-state index < -0.39 is 11.2 Å². The van der Waals surface area contributed by atoms with E-state index in [2.05, 4.69) is 4.98 Å². The molecule has 2 aromatic carbocycles. The highest BCUT2D eigenvalue weighted by atomic mass is 32.2. The highest BCUT2D eigenvalue weighted by Gasteiger charge is 2.21. The van der Waals surface area contributed by atoms with Crippen LogP contribution in [0.3, 0.4) is 0 Å². The van der Waals surface area contributed by atoms with Gasteiger partial charge in [0.25, 0.3) is 5.56 Å². The van der Waals surface area contributed by atoms with Crippen molar-refractivity contribution in [2.75, 3.05) is 0 Å². The molecular weight excluding hydrogens is 336 g/mol. The average molecular weight is 356 g/mol. The van der Waals surface area contributed by atoms with Crippen molar-refractivity contribution in [1.29, 1.82) is 0 Å². The van der Waals surface area contributed by atoms with Crippen LogP contribution in [0, 0.1) is 0 Å². The Morgan fingerprint density at radius 2 is 1.92 bits per heavy atom. The maximum Gasteiger partial charge on any atom is 0.317 e. The fourth-order valence-corrected chi connectivity index (χ4v) is 4.08. The number of thioether (sulfide) groups is 1. The van der Waals surface area contributed by atoms with Crippen molar-refractivity contribution in [2.45, 2.75) is 43.6 Å². The van der Waals surface area contributed by atoms with Crippen LogP contribution in [0.15, 0.2) is 46.3 Å². The molecule has 130 valence electrons. The highest BCUT2D eigenvalue weighted by molar-refractivity contribution is 8.00. The molecule has 0 aliphatic rings. The number of fused-ring (bicyclic) bond motifs is 2. The first-order valence-corrected chi connectivity index (χ1v) is 9.26. The molecule has 3 aromatic rings. The number of aromatic nitrogens is 2. The Bertz CT molecular complexity index is 997. The summed E-state index contributed by atoms with van der Waals surface area (Å²) in [5.41, 5.74) is 0.484. The highest BCUT2D eigenvalue weighted by Crippen LogP contribution is 2.27. The third-order valence-electron chi connectivity index (χ3n) is 4.18. The molecule has 1 heterocycles. The van der Waals surface area contributed by atoms with E-state index in [1.165, 1.54) is 0 Å². The first-order chi connectivity index (χ1) is 12.0.